The van der Waals surface area contributed by atoms with E-state index >= 15 is 0 Å². The number of aromatic nitrogens is 5. The van der Waals surface area contributed by atoms with Crippen molar-refractivity contribution in [3.63, 3.8) is 0 Å². The van der Waals surface area contributed by atoms with Crippen LogP contribution in [0.15, 0.2) is 46.2 Å². The predicted molar refractivity (Wildman–Crippen MR) is 111 cm³/mol. The molecular formula is C18H17N5O2S3. The van der Waals surface area contributed by atoms with Gasteiger partial charge in [0.25, 0.3) is 0 Å². The first kappa shape index (κ1) is 18.9. The lowest BCUT2D eigenvalue weighted by Gasteiger charge is -2.08. The third-order valence-corrected chi connectivity index (χ3v) is 6.71. The lowest BCUT2D eigenvalue weighted by atomic mass is 10.2. The van der Waals surface area contributed by atoms with E-state index in [0.717, 1.165) is 21.4 Å². The molecule has 1 aromatic carbocycles. The molecule has 0 spiro atoms. The zero-order valence-electron chi connectivity index (χ0n) is 15.2. The van der Waals surface area contributed by atoms with Crippen molar-refractivity contribution in [3.8, 4) is 22.1 Å². The number of benzene rings is 1. The summed E-state index contributed by atoms with van der Waals surface area (Å²) in [5, 5.41) is 17.9. The number of tetrazole rings is 1. The normalized spacial score (nSPS) is 10.9. The molecule has 0 fully saturated rings. The van der Waals surface area contributed by atoms with Crippen LogP contribution in [0.5, 0.6) is 11.5 Å². The largest absolute Gasteiger partial charge is 0.493 e. The Morgan fingerprint density at radius 3 is 2.79 bits per heavy atom. The standard InChI is InChI=1S/C18H17N5O2S3/c1-24-15-6-5-12(8-16(15)25-2)17-19-13(10-27-17)11-28-18-20-21-22-23(18)9-14-4-3-7-26-14/h3-8,10H,9,11H2,1-2H3. The Bertz CT molecular complexity index is 1050. The van der Waals surface area contributed by atoms with Gasteiger partial charge in [-0.15, -0.1) is 27.8 Å². The van der Waals surface area contributed by atoms with Crippen molar-refractivity contribution < 1.29 is 9.47 Å². The lowest BCUT2D eigenvalue weighted by Crippen LogP contribution is -2.02. The minimum absolute atomic E-state index is 0.682. The van der Waals surface area contributed by atoms with Gasteiger partial charge in [0, 0.05) is 21.6 Å². The monoisotopic (exact) mass is 431 g/mol. The van der Waals surface area contributed by atoms with Gasteiger partial charge in [0.15, 0.2) is 11.5 Å². The molecule has 28 heavy (non-hydrogen) atoms. The van der Waals surface area contributed by atoms with Gasteiger partial charge in [-0.05, 0) is 40.1 Å². The molecule has 3 aromatic heterocycles. The summed E-state index contributed by atoms with van der Waals surface area (Å²) in [6.07, 6.45) is 0. The first-order valence-electron chi connectivity index (χ1n) is 8.35. The third kappa shape index (κ3) is 4.18. The van der Waals surface area contributed by atoms with Crippen LogP contribution in [-0.4, -0.2) is 39.4 Å². The molecule has 10 heteroatoms. The second-order valence-corrected chi connectivity index (χ2v) is 8.53. The first-order chi connectivity index (χ1) is 13.8. The van der Waals surface area contributed by atoms with Crippen LogP contribution in [0.3, 0.4) is 0 Å². The van der Waals surface area contributed by atoms with E-state index in [1.54, 1.807) is 48.7 Å². The molecular weight excluding hydrogens is 414 g/mol. The van der Waals surface area contributed by atoms with E-state index in [9.17, 15) is 0 Å². The van der Waals surface area contributed by atoms with Crippen molar-refractivity contribution in [2.45, 2.75) is 17.5 Å². The number of thiazole rings is 1. The van der Waals surface area contributed by atoms with Gasteiger partial charge < -0.3 is 9.47 Å². The Morgan fingerprint density at radius 1 is 1.11 bits per heavy atom. The maximum Gasteiger partial charge on any atom is 0.210 e. The van der Waals surface area contributed by atoms with Crippen LogP contribution < -0.4 is 9.47 Å². The van der Waals surface area contributed by atoms with Gasteiger partial charge in [-0.3, -0.25) is 0 Å². The van der Waals surface area contributed by atoms with Crippen LogP contribution in [0.25, 0.3) is 10.6 Å². The molecule has 7 nitrogen and oxygen atoms in total. The maximum absolute atomic E-state index is 5.38. The molecule has 4 aromatic rings. The summed E-state index contributed by atoms with van der Waals surface area (Å²) in [5.41, 5.74) is 1.99. The Hall–Kier alpha value is -2.43. The number of hydrogen-bond donors (Lipinski definition) is 0. The second-order valence-electron chi connectivity index (χ2n) is 5.70. The summed E-state index contributed by atoms with van der Waals surface area (Å²) >= 11 is 4.88. The number of hydrogen-bond acceptors (Lipinski definition) is 9. The maximum atomic E-state index is 5.38. The summed E-state index contributed by atoms with van der Waals surface area (Å²) < 4.78 is 12.5. The Balaban J connectivity index is 1.44. The number of methoxy groups -OCH3 is 2. The van der Waals surface area contributed by atoms with E-state index in [-0.39, 0.29) is 0 Å². The van der Waals surface area contributed by atoms with Crippen molar-refractivity contribution in [2.75, 3.05) is 14.2 Å². The van der Waals surface area contributed by atoms with Crippen LogP contribution in [0.4, 0.5) is 0 Å². The summed E-state index contributed by atoms with van der Waals surface area (Å²) in [6.45, 7) is 0.682. The Labute approximate surface area is 174 Å². The van der Waals surface area contributed by atoms with Crippen LogP contribution in [0.2, 0.25) is 0 Å². The van der Waals surface area contributed by atoms with E-state index in [4.69, 9.17) is 14.5 Å². The highest BCUT2D eigenvalue weighted by Gasteiger charge is 2.12. The highest BCUT2D eigenvalue weighted by atomic mass is 32.2. The second kappa shape index (κ2) is 8.72. The molecule has 0 saturated carbocycles. The quantitative estimate of drug-likeness (QED) is 0.387. The number of rotatable bonds is 8. The molecule has 4 rings (SSSR count). The third-order valence-electron chi connectivity index (χ3n) is 3.92. The van der Waals surface area contributed by atoms with Gasteiger partial charge in [0.05, 0.1) is 26.5 Å². The van der Waals surface area contributed by atoms with Crippen molar-refractivity contribution >= 4 is 34.4 Å². The fourth-order valence-electron chi connectivity index (χ4n) is 2.56. The van der Waals surface area contributed by atoms with Gasteiger partial charge in [0.1, 0.15) is 5.01 Å². The van der Waals surface area contributed by atoms with Gasteiger partial charge in [-0.2, -0.15) is 0 Å². The number of nitrogens with zero attached hydrogens (tertiary/aromatic N) is 5. The van der Waals surface area contributed by atoms with Crippen molar-refractivity contribution in [2.24, 2.45) is 0 Å². The average molecular weight is 432 g/mol. The summed E-state index contributed by atoms with van der Waals surface area (Å²) in [7, 11) is 3.26. The molecule has 0 bridgehead atoms. The summed E-state index contributed by atoms with van der Waals surface area (Å²) in [5.74, 6) is 2.10. The van der Waals surface area contributed by atoms with Crippen molar-refractivity contribution in [3.05, 3.63) is 51.7 Å². The first-order valence-corrected chi connectivity index (χ1v) is 11.1. The number of ether oxygens (including phenoxy) is 2. The topological polar surface area (TPSA) is 75.0 Å². The average Bonchev–Trinajstić information content (AvgIpc) is 3.48. The van der Waals surface area contributed by atoms with Crippen LogP contribution in [-0.2, 0) is 12.3 Å². The predicted octanol–water partition coefficient (Wildman–Crippen LogP) is 4.22. The van der Waals surface area contributed by atoms with E-state index in [1.807, 2.05) is 28.9 Å². The zero-order chi connectivity index (χ0) is 19.3. The van der Waals surface area contributed by atoms with Crippen molar-refractivity contribution in [1.82, 2.24) is 25.2 Å². The van der Waals surface area contributed by atoms with E-state index in [0.29, 0.717) is 23.8 Å². The van der Waals surface area contributed by atoms with E-state index in [2.05, 4.69) is 32.4 Å². The highest BCUT2D eigenvalue weighted by molar-refractivity contribution is 7.98. The van der Waals surface area contributed by atoms with Gasteiger partial charge in [-0.1, -0.05) is 17.8 Å². The minimum Gasteiger partial charge on any atom is -0.493 e. The molecule has 0 aliphatic heterocycles. The molecule has 3 heterocycles. The number of thiophene rings is 1. The molecule has 144 valence electrons. The molecule has 0 aliphatic carbocycles. The van der Waals surface area contributed by atoms with Gasteiger partial charge in [0.2, 0.25) is 5.16 Å². The van der Waals surface area contributed by atoms with Crippen LogP contribution in [0, 0.1) is 0 Å². The number of thioether (sulfide) groups is 1. The van der Waals surface area contributed by atoms with Crippen molar-refractivity contribution in [1.29, 1.82) is 0 Å². The molecule has 0 saturated heterocycles. The van der Waals surface area contributed by atoms with Crippen LogP contribution in [0.1, 0.15) is 10.6 Å². The Morgan fingerprint density at radius 2 is 2.00 bits per heavy atom. The SMILES string of the molecule is COc1ccc(-c2nc(CSc3nnnn3Cc3cccs3)cs2)cc1OC. The highest BCUT2D eigenvalue weighted by Crippen LogP contribution is 2.34. The smallest absolute Gasteiger partial charge is 0.210 e. The zero-order valence-corrected chi connectivity index (χ0v) is 17.7. The van der Waals surface area contributed by atoms with Gasteiger partial charge >= 0.3 is 0 Å². The molecule has 0 N–H and O–H groups in total. The molecule has 0 amide bonds. The van der Waals surface area contributed by atoms with E-state index in [1.165, 1.54) is 4.88 Å². The minimum atomic E-state index is 0.682. The summed E-state index contributed by atoms with van der Waals surface area (Å²) in [6, 6.07) is 9.93. The molecule has 0 unspecified atom stereocenters. The van der Waals surface area contributed by atoms with Gasteiger partial charge in [-0.25, -0.2) is 9.67 Å². The molecule has 0 aliphatic rings. The Kier molecular flexibility index (Phi) is 5.89. The fraction of sp³-hybridized carbons (Fsp3) is 0.222. The molecule has 0 radical (unpaired) electrons. The summed E-state index contributed by atoms with van der Waals surface area (Å²) in [4.78, 5) is 5.96. The molecule has 0 atom stereocenters. The lowest BCUT2D eigenvalue weighted by molar-refractivity contribution is 0.355. The fourth-order valence-corrected chi connectivity index (χ4v) is 4.94. The van der Waals surface area contributed by atoms with Crippen LogP contribution >= 0.6 is 34.4 Å². The van der Waals surface area contributed by atoms with E-state index < -0.39 is 0 Å².